The maximum atomic E-state index is 12.7. The molecule has 1 amide bonds. The van der Waals surface area contributed by atoms with E-state index in [1.807, 2.05) is 44.4 Å². The van der Waals surface area contributed by atoms with Gasteiger partial charge in [0.2, 0.25) is 0 Å². The average molecular weight is 471 g/mol. The molecule has 1 N–H and O–H groups in total. The molecule has 0 fully saturated rings. The van der Waals surface area contributed by atoms with E-state index >= 15 is 0 Å². The first kappa shape index (κ1) is 23.6. The largest absolute Gasteiger partial charge is 0.492 e. The Morgan fingerprint density at radius 2 is 2.03 bits per heavy atom. The summed E-state index contributed by atoms with van der Waals surface area (Å²) in [6, 6.07) is 14.9. The summed E-state index contributed by atoms with van der Waals surface area (Å²) in [6.45, 7) is 3.51. The van der Waals surface area contributed by atoms with Gasteiger partial charge in [-0.15, -0.1) is 0 Å². The van der Waals surface area contributed by atoms with Gasteiger partial charge in [-0.25, -0.2) is 4.98 Å². The maximum absolute atomic E-state index is 12.7. The monoisotopic (exact) mass is 470 g/mol. The molecule has 1 aromatic heterocycles. The first-order valence-electron chi connectivity index (χ1n) is 9.85. The third kappa shape index (κ3) is 7.62. The third-order valence-corrected chi connectivity index (χ3v) is 4.81. The van der Waals surface area contributed by atoms with Gasteiger partial charge in [-0.3, -0.25) is 4.79 Å². The highest BCUT2D eigenvalue weighted by Crippen LogP contribution is 2.22. The first-order valence-corrected chi connectivity index (χ1v) is 10.6. The Morgan fingerprint density at radius 3 is 2.63 bits per heavy atom. The molecule has 0 saturated carbocycles. The van der Waals surface area contributed by atoms with Crippen LogP contribution in [0.5, 0.6) is 5.75 Å². The number of ether oxygens (including phenoxy) is 1. The van der Waals surface area contributed by atoms with Crippen LogP contribution in [0.2, 0.25) is 0 Å². The number of aromatic nitrogens is 1. The van der Waals surface area contributed by atoms with Crippen LogP contribution in [0.25, 0.3) is 6.08 Å². The van der Waals surface area contributed by atoms with E-state index in [0.29, 0.717) is 16.9 Å². The van der Waals surface area contributed by atoms with Crippen molar-refractivity contribution in [1.29, 1.82) is 5.26 Å². The molecular weight excluding hydrogens is 444 g/mol. The van der Waals surface area contributed by atoms with E-state index in [2.05, 4.69) is 38.1 Å². The zero-order chi connectivity index (χ0) is 21.9. The molecule has 30 heavy (non-hydrogen) atoms. The molecule has 6 nitrogen and oxygen atoms in total. The van der Waals surface area contributed by atoms with E-state index < -0.39 is 5.91 Å². The minimum atomic E-state index is -0.413. The van der Waals surface area contributed by atoms with Gasteiger partial charge in [-0.05, 0) is 72.4 Å². The number of nitrogens with one attached hydrogen (secondary N) is 1. The summed E-state index contributed by atoms with van der Waals surface area (Å²) in [5.41, 5.74) is 1.54. The van der Waals surface area contributed by atoms with Crippen molar-refractivity contribution in [2.24, 2.45) is 0 Å². The summed E-state index contributed by atoms with van der Waals surface area (Å²) in [5, 5.41) is 12.4. The number of nitrogens with zero attached hydrogens (tertiary/aromatic N) is 3. The molecule has 0 aliphatic heterocycles. The van der Waals surface area contributed by atoms with Gasteiger partial charge in [0.25, 0.3) is 5.91 Å². The molecule has 158 valence electrons. The summed E-state index contributed by atoms with van der Waals surface area (Å²) in [6.07, 6.45) is 3.15. The maximum Gasteiger partial charge on any atom is 0.262 e. The molecule has 7 heteroatoms. The van der Waals surface area contributed by atoms with Gasteiger partial charge in [-0.2, -0.15) is 5.26 Å². The molecule has 1 heterocycles. The van der Waals surface area contributed by atoms with Gasteiger partial charge in [0, 0.05) is 6.54 Å². The Morgan fingerprint density at radius 1 is 1.30 bits per heavy atom. The van der Waals surface area contributed by atoms with E-state index in [9.17, 15) is 10.1 Å². The van der Waals surface area contributed by atoms with Gasteiger partial charge >= 0.3 is 0 Å². The second-order valence-corrected chi connectivity index (χ2v) is 7.90. The van der Waals surface area contributed by atoms with Crippen molar-refractivity contribution >= 4 is 27.9 Å². The fourth-order valence-corrected chi connectivity index (χ4v) is 3.15. The normalized spacial score (nSPS) is 12.3. The van der Waals surface area contributed by atoms with E-state index in [1.165, 1.54) is 6.08 Å². The van der Waals surface area contributed by atoms with Crippen molar-refractivity contribution in [3.63, 3.8) is 0 Å². The number of hydrogen-bond acceptors (Lipinski definition) is 5. The number of halogens is 1. The van der Waals surface area contributed by atoms with Gasteiger partial charge in [0.1, 0.15) is 28.6 Å². The summed E-state index contributed by atoms with van der Waals surface area (Å²) in [7, 11) is 4.00. The standard InChI is InChI=1S/C23H27BrN4O2/c1-4-6-21(17-9-11-20(12-10-17)30-14-13-28(2)3)27-23(29)18(16-25)15-19-7-5-8-22(24)26-19/h5,7-12,15,21H,4,6,13-14H2,1-3H3,(H,27,29). The number of hydrogen-bond donors (Lipinski definition) is 1. The highest BCUT2D eigenvalue weighted by molar-refractivity contribution is 9.10. The summed E-state index contributed by atoms with van der Waals surface area (Å²) < 4.78 is 6.38. The lowest BCUT2D eigenvalue weighted by molar-refractivity contribution is -0.117. The van der Waals surface area contributed by atoms with Crippen LogP contribution >= 0.6 is 15.9 Å². The van der Waals surface area contributed by atoms with E-state index in [1.54, 1.807) is 18.2 Å². The van der Waals surface area contributed by atoms with Crippen molar-refractivity contribution < 1.29 is 9.53 Å². The second kappa shape index (κ2) is 12.1. The topological polar surface area (TPSA) is 78.2 Å². The Labute approximate surface area is 186 Å². The average Bonchev–Trinajstić information content (AvgIpc) is 2.72. The summed E-state index contributed by atoms with van der Waals surface area (Å²) in [4.78, 5) is 19.0. The lowest BCUT2D eigenvalue weighted by atomic mass is 10.0. The SMILES string of the molecule is CCCC(NC(=O)C(C#N)=Cc1cccc(Br)n1)c1ccc(OCCN(C)C)cc1. The van der Waals surface area contributed by atoms with E-state index in [0.717, 1.165) is 30.7 Å². The fourth-order valence-electron chi connectivity index (χ4n) is 2.79. The predicted octanol–water partition coefficient (Wildman–Crippen LogP) is 4.35. The molecule has 0 radical (unpaired) electrons. The molecule has 0 aliphatic rings. The van der Waals surface area contributed by atoms with Crippen molar-refractivity contribution in [1.82, 2.24) is 15.2 Å². The molecular formula is C23H27BrN4O2. The zero-order valence-corrected chi connectivity index (χ0v) is 19.1. The van der Waals surface area contributed by atoms with E-state index in [4.69, 9.17) is 4.74 Å². The number of carbonyl (C=O) groups excluding carboxylic acids is 1. The predicted molar refractivity (Wildman–Crippen MR) is 122 cm³/mol. The molecule has 0 saturated heterocycles. The number of benzene rings is 1. The Hall–Kier alpha value is -2.69. The molecule has 2 aromatic rings. The second-order valence-electron chi connectivity index (χ2n) is 7.09. The smallest absolute Gasteiger partial charge is 0.262 e. The Kier molecular flexibility index (Phi) is 9.52. The highest BCUT2D eigenvalue weighted by atomic mass is 79.9. The van der Waals surface area contributed by atoms with Gasteiger partial charge < -0.3 is 15.0 Å². The quantitative estimate of drug-likeness (QED) is 0.317. The fraction of sp³-hybridized carbons (Fsp3) is 0.348. The summed E-state index contributed by atoms with van der Waals surface area (Å²) in [5.74, 6) is 0.379. The minimum Gasteiger partial charge on any atom is -0.492 e. The lowest BCUT2D eigenvalue weighted by Gasteiger charge is -2.19. The molecule has 1 atom stereocenters. The molecule has 0 aliphatic carbocycles. The van der Waals surface area contributed by atoms with Crippen LogP contribution in [0.3, 0.4) is 0 Å². The van der Waals surface area contributed by atoms with Crippen LogP contribution < -0.4 is 10.1 Å². The molecule has 2 rings (SSSR count). The first-order chi connectivity index (χ1) is 14.4. The Bertz CT molecular complexity index is 904. The zero-order valence-electron chi connectivity index (χ0n) is 17.6. The Balaban J connectivity index is 2.10. The van der Waals surface area contributed by atoms with Gasteiger partial charge in [0.15, 0.2) is 0 Å². The van der Waals surface area contributed by atoms with Crippen LogP contribution in [-0.2, 0) is 4.79 Å². The third-order valence-electron chi connectivity index (χ3n) is 4.37. The number of amides is 1. The minimum absolute atomic E-state index is 0.0188. The van der Waals surface area contributed by atoms with E-state index in [-0.39, 0.29) is 11.6 Å². The summed E-state index contributed by atoms with van der Waals surface area (Å²) >= 11 is 3.29. The highest BCUT2D eigenvalue weighted by Gasteiger charge is 2.17. The van der Waals surface area contributed by atoms with Crippen LogP contribution in [0.1, 0.15) is 37.1 Å². The number of rotatable bonds is 10. The van der Waals surface area contributed by atoms with Crippen molar-refractivity contribution in [3.05, 3.63) is 63.9 Å². The van der Waals surface area contributed by atoms with Crippen molar-refractivity contribution in [2.75, 3.05) is 27.2 Å². The van der Waals surface area contributed by atoms with Crippen LogP contribution in [0.4, 0.5) is 0 Å². The number of pyridine rings is 1. The molecule has 0 spiro atoms. The number of likely N-dealkylation sites (N-methyl/N-ethyl adjacent to an activating group) is 1. The van der Waals surface area contributed by atoms with Crippen LogP contribution in [0.15, 0.2) is 52.6 Å². The molecule has 0 bridgehead atoms. The van der Waals surface area contributed by atoms with Crippen LogP contribution in [0, 0.1) is 11.3 Å². The van der Waals surface area contributed by atoms with Crippen LogP contribution in [-0.4, -0.2) is 43.0 Å². The number of carbonyl (C=O) groups is 1. The molecule has 1 unspecified atom stereocenters. The number of nitriles is 1. The molecule has 1 aromatic carbocycles. The van der Waals surface area contributed by atoms with Crippen molar-refractivity contribution in [3.8, 4) is 11.8 Å². The van der Waals surface area contributed by atoms with Gasteiger partial charge in [-0.1, -0.05) is 31.5 Å². The van der Waals surface area contributed by atoms with Crippen molar-refractivity contribution in [2.45, 2.75) is 25.8 Å². The van der Waals surface area contributed by atoms with Gasteiger partial charge in [0.05, 0.1) is 11.7 Å². The lowest BCUT2D eigenvalue weighted by Crippen LogP contribution is -2.29.